The first-order valence-electron chi connectivity index (χ1n) is 9.15. The third-order valence-electron chi connectivity index (χ3n) is 4.25. The van der Waals surface area contributed by atoms with Crippen molar-refractivity contribution in [2.45, 2.75) is 6.92 Å². The second-order valence-electron chi connectivity index (χ2n) is 6.49. The summed E-state index contributed by atoms with van der Waals surface area (Å²) >= 11 is 11.9. The number of rotatable bonds is 6. The molecule has 0 bridgehead atoms. The molecule has 0 aliphatic carbocycles. The van der Waals surface area contributed by atoms with Gasteiger partial charge in [-0.15, -0.1) is 0 Å². The van der Waals surface area contributed by atoms with Crippen molar-refractivity contribution in [2.75, 3.05) is 0 Å². The summed E-state index contributed by atoms with van der Waals surface area (Å²) < 4.78 is 0. The highest BCUT2D eigenvalue weighted by atomic mass is 35.5. The van der Waals surface area contributed by atoms with Crippen molar-refractivity contribution in [2.24, 2.45) is 20.3 Å². The van der Waals surface area contributed by atoms with Gasteiger partial charge in [0, 0.05) is 21.2 Å². The number of oxime groups is 2. The molecule has 0 radical (unpaired) electrons. The van der Waals surface area contributed by atoms with E-state index < -0.39 is 0 Å². The fourth-order valence-electron chi connectivity index (χ4n) is 2.76. The number of hydrogen-bond donors (Lipinski definition) is 2. The number of nitrogens with zero attached hydrogens (tertiary/aromatic N) is 4. The average Bonchev–Trinajstić information content (AvgIpc) is 2.76. The highest BCUT2D eigenvalue weighted by Crippen LogP contribution is 2.30. The molecular weight excluding hydrogens is 435 g/mol. The third kappa shape index (κ3) is 6.01. The van der Waals surface area contributed by atoms with E-state index in [2.05, 4.69) is 20.3 Å². The maximum absolute atomic E-state index is 9.12. The van der Waals surface area contributed by atoms with E-state index in [0.717, 1.165) is 5.56 Å². The van der Waals surface area contributed by atoms with Gasteiger partial charge in [-0.1, -0.05) is 63.8 Å². The van der Waals surface area contributed by atoms with Crippen molar-refractivity contribution < 1.29 is 10.4 Å². The van der Waals surface area contributed by atoms with Crippen molar-refractivity contribution >= 4 is 58.4 Å². The molecule has 156 valence electrons. The lowest BCUT2D eigenvalue weighted by Crippen LogP contribution is -2.03. The minimum atomic E-state index is 0.420. The predicted molar refractivity (Wildman–Crippen MR) is 127 cm³/mol. The summed E-state index contributed by atoms with van der Waals surface area (Å²) in [4.78, 5) is 9.30. The summed E-state index contributed by atoms with van der Waals surface area (Å²) in [6, 6.07) is 19.6. The molecule has 0 saturated carbocycles. The van der Waals surface area contributed by atoms with Crippen LogP contribution in [0.4, 0.5) is 11.4 Å². The topological polar surface area (TPSA) is 89.9 Å². The Bertz CT molecular complexity index is 1170. The van der Waals surface area contributed by atoms with E-state index in [0.29, 0.717) is 44.0 Å². The van der Waals surface area contributed by atoms with Crippen LogP contribution in [0.1, 0.15) is 16.7 Å². The minimum Gasteiger partial charge on any atom is -0.411 e. The highest BCUT2D eigenvalue weighted by Gasteiger charge is 2.09. The van der Waals surface area contributed by atoms with Crippen LogP contribution in [-0.4, -0.2) is 34.3 Å². The quantitative estimate of drug-likeness (QED) is 0.255. The fourth-order valence-corrected chi connectivity index (χ4v) is 3.02. The van der Waals surface area contributed by atoms with E-state index in [1.54, 1.807) is 48.5 Å². The standard InChI is InChI=1S/C23H18Cl2N4O2/c1-15-2-11-20(28-22(13-26-30)16-3-7-18(24)8-4-16)21(12-15)29-23(14-27-31)17-5-9-19(25)10-6-17/h2-14,30-31H,1H3/b26-13+,27-14+,28-22?,29-23?. The highest BCUT2D eigenvalue weighted by molar-refractivity contribution is 6.40. The van der Waals surface area contributed by atoms with Crippen molar-refractivity contribution in [3.05, 3.63) is 93.5 Å². The van der Waals surface area contributed by atoms with Crippen molar-refractivity contribution in [1.82, 2.24) is 0 Å². The number of aryl methyl sites for hydroxylation is 1. The normalized spacial score (nSPS) is 12.7. The first-order chi connectivity index (χ1) is 15.0. The monoisotopic (exact) mass is 452 g/mol. The predicted octanol–water partition coefficient (Wildman–Crippen LogP) is 6.46. The van der Waals surface area contributed by atoms with Crippen LogP contribution in [0.3, 0.4) is 0 Å². The molecule has 0 aliphatic heterocycles. The Hall–Kier alpha value is -3.48. The van der Waals surface area contributed by atoms with Crippen LogP contribution < -0.4 is 0 Å². The van der Waals surface area contributed by atoms with Gasteiger partial charge in [-0.25, -0.2) is 9.98 Å². The number of aliphatic imine (C=N–C) groups is 2. The summed E-state index contributed by atoms with van der Waals surface area (Å²) in [5, 5.41) is 25.7. The summed E-state index contributed by atoms with van der Waals surface area (Å²) in [6.07, 6.45) is 2.49. The average molecular weight is 453 g/mol. The van der Waals surface area contributed by atoms with Crippen molar-refractivity contribution in [3.8, 4) is 0 Å². The molecule has 3 aromatic rings. The van der Waals surface area contributed by atoms with Gasteiger partial charge in [0.15, 0.2) is 0 Å². The molecule has 0 atom stereocenters. The van der Waals surface area contributed by atoms with E-state index in [-0.39, 0.29) is 0 Å². The lowest BCUT2D eigenvalue weighted by atomic mass is 10.1. The molecule has 2 N–H and O–H groups in total. The molecule has 0 unspecified atom stereocenters. The zero-order valence-corrected chi connectivity index (χ0v) is 18.0. The number of benzene rings is 3. The number of halogens is 2. The molecule has 8 heteroatoms. The van der Waals surface area contributed by atoms with Crippen molar-refractivity contribution in [3.63, 3.8) is 0 Å². The Balaban J connectivity index is 2.14. The molecule has 3 aromatic carbocycles. The molecule has 0 spiro atoms. The van der Waals surface area contributed by atoms with Crippen LogP contribution in [0.15, 0.2) is 87.0 Å². The van der Waals surface area contributed by atoms with Gasteiger partial charge < -0.3 is 10.4 Å². The summed E-state index contributed by atoms with van der Waals surface area (Å²) in [6.45, 7) is 1.93. The number of hydrogen-bond acceptors (Lipinski definition) is 6. The van der Waals surface area contributed by atoms with Crippen LogP contribution in [0, 0.1) is 6.92 Å². The van der Waals surface area contributed by atoms with E-state index in [4.69, 9.17) is 33.6 Å². The second kappa shape index (κ2) is 10.5. The van der Waals surface area contributed by atoms with E-state index >= 15 is 0 Å². The Morgan fingerprint density at radius 2 is 1.13 bits per heavy atom. The van der Waals surface area contributed by atoms with Gasteiger partial charge >= 0.3 is 0 Å². The zero-order valence-electron chi connectivity index (χ0n) is 16.4. The Morgan fingerprint density at radius 3 is 1.58 bits per heavy atom. The lowest BCUT2D eigenvalue weighted by molar-refractivity contribution is 0.322. The molecule has 0 aromatic heterocycles. The van der Waals surface area contributed by atoms with Gasteiger partial charge in [-0.2, -0.15) is 0 Å². The largest absolute Gasteiger partial charge is 0.411 e. The zero-order chi connectivity index (χ0) is 22.2. The Morgan fingerprint density at radius 1 is 0.677 bits per heavy atom. The maximum Gasteiger partial charge on any atom is 0.0926 e. The van der Waals surface area contributed by atoms with Crippen LogP contribution in [0.25, 0.3) is 0 Å². The van der Waals surface area contributed by atoms with Gasteiger partial charge in [0.05, 0.1) is 35.2 Å². The molecule has 3 rings (SSSR count). The first kappa shape index (κ1) is 22.2. The summed E-state index contributed by atoms with van der Waals surface area (Å²) in [7, 11) is 0. The van der Waals surface area contributed by atoms with Crippen molar-refractivity contribution in [1.29, 1.82) is 0 Å². The van der Waals surface area contributed by atoms with E-state index in [1.165, 1.54) is 12.4 Å². The molecule has 31 heavy (non-hydrogen) atoms. The third-order valence-corrected chi connectivity index (χ3v) is 4.76. The Kier molecular flexibility index (Phi) is 7.54. The minimum absolute atomic E-state index is 0.420. The SMILES string of the molecule is Cc1ccc(N=C(/C=N/O)c2ccc(Cl)cc2)c(N=C(/C=N/O)c2ccc(Cl)cc2)c1. The summed E-state index contributed by atoms with van der Waals surface area (Å²) in [5.41, 5.74) is 4.32. The first-order valence-corrected chi connectivity index (χ1v) is 9.90. The summed E-state index contributed by atoms with van der Waals surface area (Å²) in [5.74, 6) is 0. The van der Waals surface area contributed by atoms with Gasteiger partial charge in [0.2, 0.25) is 0 Å². The fraction of sp³-hybridized carbons (Fsp3) is 0.0435. The maximum atomic E-state index is 9.12. The molecule has 0 aliphatic rings. The molecular formula is C23H18Cl2N4O2. The molecule has 6 nitrogen and oxygen atoms in total. The molecule has 0 saturated heterocycles. The Labute approximate surface area is 189 Å². The van der Waals surface area contributed by atoms with Gasteiger partial charge in [0.25, 0.3) is 0 Å². The van der Waals surface area contributed by atoms with Crippen LogP contribution in [-0.2, 0) is 0 Å². The van der Waals surface area contributed by atoms with Gasteiger partial charge in [-0.05, 0) is 48.9 Å². The van der Waals surface area contributed by atoms with Crippen LogP contribution >= 0.6 is 23.2 Å². The van der Waals surface area contributed by atoms with Crippen LogP contribution in [0.2, 0.25) is 10.0 Å². The molecule has 0 amide bonds. The molecule has 0 heterocycles. The smallest absolute Gasteiger partial charge is 0.0926 e. The van der Waals surface area contributed by atoms with E-state index in [9.17, 15) is 0 Å². The van der Waals surface area contributed by atoms with Crippen LogP contribution in [0.5, 0.6) is 0 Å². The second-order valence-corrected chi connectivity index (χ2v) is 7.36. The van der Waals surface area contributed by atoms with E-state index in [1.807, 2.05) is 25.1 Å². The van der Waals surface area contributed by atoms with Gasteiger partial charge in [0.1, 0.15) is 0 Å². The molecule has 0 fully saturated rings. The van der Waals surface area contributed by atoms with Gasteiger partial charge in [-0.3, -0.25) is 0 Å². The lowest BCUT2D eigenvalue weighted by Gasteiger charge is -2.08.